The van der Waals surface area contributed by atoms with Crippen LogP contribution in [0.1, 0.15) is 36.8 Å². The van der Waals surface area contributed by atoms with Crippen LogP contribution < -0.4 is 5.32 Å². The van der Waals surface area contributed by atoms with Crippen LogP contribution in [0.5, 0.6) is 0 Å². The van der Waals surface area contributed by atoms with Gasteiger partial charge in [0.05, 0.1) is 12.2 Å². The van der Waals surface area contributed by atoms with Crippen LogP contribution in [0.25, 0.3) is 5.69 Å². The predicted octanol–water partition coefficient (Wildman–Crippen LogP) is 4.38. The summed E-state index contributed by atoms with van der Waals surface area (Å²) in [5, 5.41) is 15.3. The number of anilines is 1. The van der Waals surface area contributed by atoms with Gasteiger partial charge in [-0.3, -0.25) is 9.69 Å². The number of nitrogens with one attached hydrogen (secondary N) is 1. The maximum absolute atomic E-state index is 11.5. The normalized spacial score (nSPS) is 12.0. The minimum absolute atomic E-state index is 0.0600. The molecule has 1 aromatic heterocycles. The van der Waals surface area contributed by atoms with Gasteiger partial charge in [0.15, 0.2) is 5.82 Å². The van der Waals surface area contributed by atoms with Gasteiger partial charge in [-0.15, -0.1) is 5.10 Å². The van der Waals surface area contributed by atoms with Crippen molar-refractivity contribution in [1.82, 2.24) is 25.1 Å². The monoisotopic (exact) mass is 426 g/mol. The molecule has 0 saturated heterocycles. The summed E-state index contributed by atoms with van der Waals surface area (Å²) < 4.78 is 1.78. The van der Waals surface area contributed by atoms with E-state index in [1.165, 1.54) is 12.5 Å². The van der Waals surface area contributed by atoms with E-state index < -0.39 is 0 Å². The van der Waals surface area contributed by atoms with Crippen molar-refractivity contribution in [1.29, 1.82) is 0 Å². The second kappa shape index (κ2) is 9.98. The lowest BCUT2D eigenvalue weighted by Gasteiger charge is -2.29. The zero-order chi connectivity index (χ0) is 22.3. The van der Waals surface area contributed by atoms with Crippen molar-refractivity contribution in [2.75, 3.05) is 5.32 Å². The average Bonchev–Trinajstić information content (AvgIpc) is 3.27. The van der Waals surface area contributed by atoms with Crippen LogP contribution in [0.4, 0.5) is 5.69 Å². The van der Waals surface area contributed by atoms with Gasteiger partial charge in [-0.1, -0.05) is 60.7 Å². The summed E-state index contributed by atoms with van der Waals surface area (Å²) >= 11 is 0. The number of benzene rings is 3. The lowest BCUT2D eigenvalue weighted by Crippen LogP contribution is -2.28. The Morgan fingerprint density at radius 1 is 0.969 bits per heavy atom. The first-order valence-corrected chi connectivity index (χ1v) is 10.6. The van der Waals surface area contributed by atoms with Crippen LogP contribution in [-0.2, 0) is 17.9 Å². The molecule has 0 unspecified atom stereocenters. The molecule has 0 aliphatic heterocycles. The topological polar surface area (TPSA) is 75.9 Å². The standard InChI is InChI=1S/C25H26N6O/c1-19(22-12-9-13-23(16-22)26-20(2)32)30(17-21-10-5-3-6-11-21)18-25-27-28-29-31(25)24-14-7-4-8-15-24/h3-16,19H,17-18H2,1-2H3,(H,26,32)/t19-/m0/s1. The van der Waals surface area contributed by atoms with Crippen LogP contribution >= 0.6 is 0 Å². The molecule has 1 amide bonds. The number of nitrogens with zero attached hydrogens (tertiary/aromatic N) is 5. The third-order valence-corrected chi connectivity index (χ3v) is 5.34. The molecule has 0 spiro atoms. The molecule has 0 aliphatic carbocycles. The molecule has 3 aromatic carbocycles. The summed E-state index contributed by atoms with van der Waals surface area (Å²) in [7, 11) is 0. The Balaban J connectivity index is 1.64. The smallest absolute Gasteiger partial charge is 0.221 e. The van der Waals surface area contributed by atoms with Gasteiger partial charge in [-0.25, -0.2) is 0 Å². The number of carbonyl (C=O) groups is 1. The van der Waals surface area contributed by atoms with Crippen molar-refractivity contribution >= 4 is 11.6 Å². The largest absolute Gasteiger partial charge is 0.326 e. The molecule has 1 atom stereocenters. The number of rotatable bonds is 8. The molecular formula is C25H26N6O. The first-order chi connectivity index (χ1) is 15.6. The van der Waals surface area contributed by atoms with E-state index >= 15 is 0 Å². The summed E-state index contributed by atoms with van der Waals surface area (Å²) in [5.74, 6) is 0.676. The van der Waals surface area contributed by atoms with Gasteiger partial charge in [-0.2, -0.15) is 4.68 Å². The quantitative estimate of drug-likeness (QED) is 0.452. The number of hydrogen-bond acceptors (Lipinski definition) is 5. The highest BCUT2D eigenvalue weighted by molar-refractivity contribution is 5.88. The summed E-state index contributed by atoms with van der Waals surface area (Å²) in [4.78, 5) is 13.8. The first kappa shape index (κ1) is 21.4. The highest BCUT2D eigenvalue weighted by Gasteiger charge is 2.21. The van der Waals surface area contributed by atoms with Gasteiger partial charge in [0.25, 0.3) is 0 Å². The Morgan fingerprint density at radius 2 is 1.69 bits per heavy atom. The molecule has 1 heterocycles. The lowest BCUT2D eigenvalue weighted by molar-refractivity contribution is -0.114. The van der Waals surface area contributed by atoms with Gasteiger partial charge in [-0.05, 0) is 52.7 Å². The van der Waals surface area contributed by atoms with E-state index in [0.717, 1.165) is 29.3 Å². The maximum atomic E-state index is 11.5. The Labute approximate surface area is 187 Å². The number of amides is 1. The Kier molecular flexibility index (Phi) is 6.67. The number of hydrogen-bond donors (Lipinski definition) is 1. The van der Waals surface area contributed by atoms with Crippen LogP contribution in [0.2, 0.25) is 0 Å². The van der Waals surface area contributed by atoms with E-state index in [9.17, 15) is 4.79 Å². The van der Waals surface area contributed by atoms with Gasteiger partial charge in [0.1, 0.15) is 0 Å². The van der Waals surface area contributed by atoms with Crippen molar-refractivity contribution in [3.05, 3.63) is 102 Å². The Morgan fingerprint density at radius 3 is 2.41 bits per heavy atom. The van der Waals surface area contributed by atoms with E-state index in [-0.39, 0.29) is 11.9 Å². The van der Waals surface area contributed by atoms with Gasteiger partial charge in [0.2, 0.25) is 5.91 Å². The summed E-state index contributed by atoms with van der Waals surface area (Å²) in [6, 6.07) is 28.3. The first-order valence-electron chi connectivity index (χ1n) is 10.6. The van der Waals surface area contributed by atoms with Gasteiger partial charge < -0.3 is 5.32 Å². The fourth-order valence-electron chi connectivity index (χ4n) is 3.69. The highest BCUT2D eigenvalue weighted by Crippen LogP contribution is 2.26. The molecule has 0 aliphatic rings. The van der Waals surface area contributed by atoms with Crippen LogP contribution in [0.15, 0.2) is 84.9 Å². The zero-order valence-corrected chi connectivity index (χ0v) is 18.2. The maximum Gasteiger partial charge on any atom is 0.221 e. The minimum Gasteiger partial charge on any atom is -0.326 e. The molecule has 7 nitrogen and oxygen atoms in total. The minimum atomic E-state index is -0.0852. The van der Waals surface area contributed by atoms with Gasteiger partial charge >= 0.3 is 0 Å². The lowest BCUT2D eigenvalue weighted by atomic mass is 10.0. The third kappa shape index (κ3) is 5.25. The third-order valence-electron chi connectivity index (χ3n) is 5.34. The summed E-state index contributed by atoms with van der Waals surface area (Å²) in [5.41, 5.74) is 4.02. The fraction of sp³-hybridized carbons (Fsp3) is 0.200. The van der Waals surface area contributed by atoms with Crippen LogP contribution in [-0.4, -0.2) is 31.0 Å². The second-order valence-electron chi connectivity index (χ2n) is 7.72. The van der Waals surface area contributed by atoms with E-state index in [4.69, 9.17) is 0 Å². The molecule has 0 fully saturated rings. The van der Waals surface area contributed by atoms with E-state index in [1.807, 2.05) is 66.7 Å². The van der Waals surface area contributed by atoms with Gasteiger partial charge in [0, 0.05) is 25.2 Å². The van der Waals surface area contributed by atoms with Crippen molar-refractivity contribution < 1.29 is 4.79 Å². The molecule has 0 bridgehead atoms. The molecule has 4 rings (SSSR count). The predicted molar refractivity (Wildman–Crippen MR) is 124 cm³/mol. The van der Waals surface area contributed by atoms with E-state index in [1.54, 1.807) is 4.68 Å². The molecular weight excluding hydrogens is 400 g/mol. The van der Waals surface area contributed by atoms with Crippen molar-refractivity contribution in [3.8, 4) is 5.69 Å². The molecule has 7 heteroatoms. The number of para-hydroxylation sites is 1. The Hall–Kier alpha value is -3.84. The molecule has 1 N–H and O–H groups in total. The van der Waals surface area contributed by atoms with Crippen molar-refractivity contribution in [2.45, 2.75) is 33.0 Å². The van der Waals surface area contributed by atoms with Crippen LogP contribution in [0.3, 0.4) is 0 Å². The van der Waals surface area contributed by atoms with Crippen LogP contribution in [0, 0.1) is 0 Å². The zero-order valence-electron chi connectivity index (χ0n) is 18.2. The average molecular weight is 427 g/mol. The number of aromatic nitrogens is 4. The SMILES string of the molecule is CC(=O)Nc1cccc([C@H](C)N(Cc2ccccc2)Cc2nnnn2-c2ccccc2)c1. The van der Waals surface area contributed by atoms with Crippen molar-refractivity contribution in [2.24, 2.45) is 0 Å². The Bertz CT molecular complexity index is 1160. The second-order valence-corrected chi connectivity index (χ2v) is 7.72. The molecule has 0 saturated carbocycles. The number of tetrazole rings is 1. The molecule has 0 radical (unpaired) electrons. The van der Waals surface area contributed by atoms with E-state index in [2.05, 4.69) is 50.9 Å². The molecule has 162 valence electrons. The highest BCUT2D eigenvalue weighted by atomic mass is 16.1. The molecule has 32 heavy (non-hydrogen) atoms. The number of carbonyl (C=O) groups excluding carboxylic acids is 1. The molecule has 4 aromatic rings. The fourth-order valence-corrected chi connectivity index (χ4v) is 3.69. The van der Waals surface area contributed by atoms with E-state index in [0.29, 0.717) is 6.54 Å². The van der Waals surface area contributed by atoms with Crippen molar-refractivity contribution in [3.63, 3.8) is 0 Å². The summed E-state index contributed by atoms with van der Waals surface area (Å²) in [6.45, 7) is 4.96. The summed E-state index contributed by atoms with van der Waals surface area (Å²) in [6.07, 6.45) is 0.